The Bertz CT molecular complexity index is 578. The molecule has 1 aliphatic carbocycles. The van der Waals surface area contributed by atoms with Crippen molar-refractivity contribution in [3.8, 4) is 0 Å². The third-order valence-electron chi connectivity index (χ3n) is 3.79. The van der Waals surface area contributed by atoms with E-state index in [1.54, 1.807) is 11.3 Å². The molecule has 0 radical (unpaired) electrons. The smallest absolute Gasteiger partial charge is 0.151 e. The van der Waals surface area contributed by atoms with Crippen LogP contribution in [0.25, 0.3) is 10.2 Å². The second-order valence-electron chi connectivity index (χ2n) is 6.22. The summed E-state index contributed by atoms with van der Waals surface area (Å²) in [6.07, 6.45) is 3.44. The predicted molar refractivity (Wildman–Crippen MR) is 91.2 cm³/mol. The number of hydrogen-bond acceptors (Lipinski definition) is 5. The summed E-state index contributed by atoms with van der Waals surface area (Å²) in [4.78, 5) is 4.68. The average Bonchev–Trinajstić information content (AvgIpc) is 3.15. The summed E-state index contributed by atoms with van der Waals surface area (Å²) < 4.78 is 2.36. The minimum absolute atomic E-state index is 0.176. The van der Waals surface area contributed by atoms with Gasteiger partial charge in [0, 0.05) is 16.8 Å². The van der Waals surface area contributed by atoms with Gasteiger partial charge in [0.25, 0.3) is 0 Å². The number of nitrogens with one attached hydrogen (secondary N) is 1. The fraction of sp³-hybridized carbons (Fsp3) is 0.562. The van der Waals surface area contributed by atoms with Crippen molar-refractivity contribution in [3.63, 3.8) is 0 Å². The van der Waals surface area contributed by atoms with Crippen LogP contribution in [-0.2, 0) is 0 Å². The average molecular weight is 322 g/mol. The summed E-state index contributed by atoms with van der Waals surface area (Å²) in [5.74, 6) is 0. The van der Waals surface area contributed by atoms with Crippen LogP contribution in [0.1, 0.15) is 33.1 Å². The van der Waals surface area contributed by atoms with E-state index in [-0.39, 0.29) is 12.1 Å². The number of aliphatic hydroxyl groups excluding tert-OH is 1. The molecule has 2 atom stereocenters. The van der Waals surface area contributed by atoms with E-state index in [2.05, 4.69) is 42.3 Å². The number of hydrogen-bond donors (Lipinski definition) is 2. The first-order chi connectivity index (χ1) is 10.1. The van der Waals surface area contributed by atoms with E-state index in [1.807, 2.05) is 17.8 Å². The number of fused-ring (bicyclic) bond motifs is 1. The van der Waals surface area contributed by atoms with Gasteiger partial charge in [-0.2, -0.15) is 0 Å². The number of aliphatic hydroxyl groups is 1. The molecule has 0 aliphatic heterocycles. The molecule has 1 saturated carbocycles. The highest BCUT2D eigenvalue weighted by Crippen LogP contribution is 2.35. The van der Waals surface area contributed by atoms with Gasteiger partial charge in [-0.3, -0.25) is 0 Å². The van der Waals surface area contributed by atoms with E-state index in [9.17, 15) is 5.11 Å². The van der Waals surface area contributed by atoms with Gasteiger partial charge >= 0.3 is 0 Å². The molecule has 1 heterocycles. The van der Waals surface area contributed by atoms with Crippen LogP contribution in [0.3, 0.4) is 0 Å². The molecule has 1 aromatic carbocycles. The van der Waals surface area contributed by atoms with Crippen LogP contribution in [0.4, 0.5) is 0 Å². The van der Waals surface area contributed by atoms with Crippen molar-refractivity contribution in [1.29, 1.82) is 0 Å². The number of rotatable bonds is 7. The lowest BCUT2D eigenvalue weighted by atomic mass is 9.97. The zero-order valence-electron chi connectivity index (χ0n) is 12.5. The van der Waals surface area contributed by atoms with Gasteiger partial charge in [0.2, 0.25) is 0 Å². The van der Waals surface area contributed by atoms with E-state index < -0.39 is 0 Å². The molecule has 0 amide bonds. The van der Waals surface area contributed by atoms with Crippen molar-refractivity contribution in [2.75, 3.05) is 6.61 Å². The van der Waals surface area contributed by atoms with E-state index in [1.165, 1.54) is 17.5 Å². The third kappa shape index (κ3) is 3.97. The summed E-state index contributed by atoms with van der Waals surface area (Å²) in [7, 11) is 0. The molecule has 0 saturated heterocycles. The van der Waals surface area contributed by atoms with E-state index in [0.29, 0.717) is 11.3 Å². The van der Waals surface area contributed by atoms with Crippen LogP contribution in [0.5, 0.6) is 0 Å². The second kappa shape index (κ2) is 6.24. The quantitative estimate of drug-likeness (QED) is 0.764. The number of para-hydroxylation sites is 1. The van der Waals surface area contributed by atoms with Gasteiger partial charge in [-0.05, 0) is 38.3 Å². The summed E-state index contributed by atoms with van der Waals surface area (Å²) in [6, 6.07) is 8.88. The molecule has 1 fully saturated rings. The molecule has 3 nitrogen and oxygen atoms in total. The van der Waals surface area contributed by atoms with Crippen LogP contribution >= 0.6 is 23.1 Å². The van der Waals surface area contributed by atoms with Gasteiger partial charge in [0.15, 0.2) is 4.34 Å². The van der Waals surface area contributed by atoms with Crippen LogP contribution in [0.15, 0.2) is 28.6 Å². The maximum absolute atomic E-state index is 9.71. The first kappa shape index (κ1) is 15.3. The largest absolute Gasteiger partial charge is 0.394 e. The Morgan fingerprint density at radius 3 is 2.90 bits per heavy atom. The molecule has 5 heteroatoms. The lowest BCUT2D eigenvalue weighted by Crippen LogP contribution is -2.48. The highest BCUT2D eigenvalue weighted by atomic mass is 32.2. The van der Waals surface area contributed by atoms with Gasteiger partial charge in [-0.15, -0.1) is 11.3 Å². The zero-order chi connectivity index (χ0) is 14.9. The topological polar surface area (TPSA) is 45.1 Å². The molecule has 2 aromatic rings. The molecule has 2 unspecified atom stereocenters. The van der Waals surface area contributed by atoms with E-state index in [0.717, 1.165) is 16.3 Å². The Hall–Kier alpha value is -0.620. The highest BCUT2D eigenvalue weighted by Gasteiger charge is 2.33. The molecule has 21 heavy (non-hydrogen) atoms. The molecular weight excluding hydrogens is 300 g/mol. The van der Waals surface area contributed by atoms with Crippen molar-refractivity contribution in [2.24, 2.45) is 0 Å². The number of thioether (sulfide) groups is 1. The van der Waals surface area contributed by atoms with Gasteiger partial charge in [0.05, 0.1) is 16.8 Å². The first-order valence-electron chi connectivity index (χ1n) is 7.49. The Kier molecular flexibility index (Phi) is 4.54. The summed E-state index contributed by atoms with van der Waals surface area (Å²) in [5.41, 5.74) is 0.905. The monoisotopic (exact) mass is 322 g/mol. The number of aromatic nitrogens is 1. The van der Waals surface area contributed by atoms with Crippen molar-refractivity contribution < 1.29 is 5.11 Å². The second-order valence-corrected chi connectivity index (χ2v) is 8.93. The molecule has 1 aliphatic rings. The normalized spacial score (nSPS) is 19.6. The minimum Gasteiger partial charge on any atom is -0.394 e. The molecular formula is C16H22N2OS2. The van der Waals surface area contributed by atoms with Gasteiger partial charge < -0.3 is 10.4 Å². The summed E-state index contributed by atoms with van der Waals surface area (Å²) in [6.45, 7) is 4.54. The van der Waals surface area contributed by atoms with Gasteiger partial charge in [-0.25, -0.2) is 4.98 Å². The maximum Gasteiger partial charge on any atom is 0.151 e. The van der Waals surface area contributed by atoms with Crippen molar-refractivity contribution in [3.05, 3.63) is 24.3 Å². The van der Waals surface area contributed by atoms with Crippen LogP contribution in [0.2, 0.25) is 0 Å². The Morgan fingerprint density at radius 2 is 2.24 bits per heavy atom. The summed E-state index contributed by atoms with van der Waals surface area (Å²) in [5, 5.41) is 13.7. The lowest BCUT2D eigenvalue weighted by Gasteiger charge is -2.31. The Labute approximate surface area is 134 Å². The number of benzene rings is 1. The molecule has 114 valence electrons. The van der Waals surface area contributed by atoms with Crippen molar-refractivity contribution >= 4 is 33.3 Å². The molecule has 0 spiro atoms. The van der Waals surface area contributed by atoms with Crippen molar-refractivity contribution in [1.82, 2.24) is 10.3 Å². The predicted octanol–water partition coefficient (Wildman–Crippen LogP) is 3.67. The van der Waals surface area contributed by atoms with Gasteiger partial charge in [-0.1, -0.05) is 30.8 Å². The Morgan fingerprint density at radius 1 is 1.48 bits per heavy atom. The van der Waals surface area contributed by atoms with Gasteiger partial charge in [0.1, 0.15) is 0 Å². The molecule has 3 rings (SSSR count). The third-order valence-corrected chi connectivity index (χ3v) is 6.02. The maximum atomic E-state index is 9.71. The standard InChI is InChI=1S/C16H22N2OS2/c1-11(9-16(2,10-19)18-12-7-8-12)20-15-17-13-5-3-4-6-14(13)21-15/h3-6,11-12,18-19H,7-10H2,1-2H3. The number of nitrogens with zero attached hydrogens (tertiary/aromatic N) is 1. The first-order valence-corrected chi connectivity index (χ1v) is 9.18. The molecule has 0 bridgehead atoms. The molecule has 1 aromatic heterocycles. The fourth-order valence-corrected chi connectivity index (χ4v) is 5.24. The summed E-state index contributed by atoms with van der Waals surface area (Å²) >= 11 is 3.57. The van der Waals surface area contributed by atoms with Crippen molar-refractivity contribution in [2.45, 2.75) is 54.3 Å². The highest BCUT2D eigenvalue weighted by molar-refractivity contribution is 8.01. The Balaban J connectivity index is 1.63. The number of thiazole rings is 1. The SMILES string of the molecule is CC(CC(C)(CO)NC1CC1)Sc1nc2ccccc2s1. The minimum atomic E-state index is -0.176. The lowest BCUT2D eigenvalue weighted by molar-refractivity contribution is 0.164. The van der Waals surface area contributed by atoms with E-state index in [4.69, 9.17) is 0 Å². The van der Waals surface area contributed by atoms with Crippen LogP contribution < -0.4 is 5.32 Å². The van der Waals surface area contributed by atoms with Crippen LogP contribution in [0, 0.1) is 0 Å². The van der Waals surface area contributed by atoms with E-state index >= 15 is 0 Å². The van der Waals surface area contributed by atoms with Crippen LogP contribution in [-0.4, -0.2) is 33.5 Å². The molecule has 2 N–H and O–H groups in total. The fourth-order valence-electron chi connectivity index (χ4n) is 2.64. The zero-order valence-corrected chi connectivity index (χ0v) is 14.1.